The van der Waals surface area contributed by atoms with Gasteiger partial charge in [0.2, 0.25) is 5.91 Å². The molecule has 0 bridgehead atoms. The van der Waals surface area contributed by atoms with Crippen LogP contribution in [-0.4, -0.2) is 23.6 Å². The maximum atomic E-state index is 12.0. The molecule has 1 fully saturated rings. The summed E-state index contributed by atoms with van der Waals surface area (Å²) in [5, 5.41) is 3.08. The Morgan fingerprint density at radius 3 is 2.74 bits per heavy atom. The van der Waals surface area contributed by atoms with E-state index in [1.54, 1.807) is 0 Å². The standard InChI is InChI=1S/C19H24N2O2/c22-18(9-6-13-21-11-4-5-12-21)20-15-17-10-14-23-19(17)16-7-2-1-3-8-16/h1-5,7-8,11-12,17,19H,6,9-10,13-15H2,(H,20,22)/t17-,19-/m1/s1. The third-order valence-corrected chi connectivity index (χ3v) is 4.39. The quantitative estimate of drug-likeness (QED) is 0.853. The summed E-state index contributed by atoms with van der Waals surface area (Å²) in [6.45, 7) is 2.36. The van der Waals surface area contributed by atoms with E-state index in [0.29, 0.717) is 18.9 Å². The maximum Gasteiger partial charge on any atom is 0.220 e. The molecular weight excluding hydrogens is 288 g/mol. The average Bonchev–Trinajstić information content (AvgIpc) is 3.25. The summed E-state index contributed by atoms with van der Waals surface area (Å²) in [6.07, 6.45) is 6.60. The van der Waals surface area contributed by atoms with Gasteiger partial charge in [-0.25, -0.2) is 0 Å². The molecule has 1 aromatic carbocycles. The van der Waals surface area contributed by atoms with Crippen LogP contribution in [0.2, 0.25) is 0 Å². The van der Waals surface area contributed by atoms with Gasteiger partial charge in [0.1, 0.15) is 0 Å². The first-order chi connectivity index (χ1) is 11.3. The number of hydrogen-bond donors (Lipinski definition) is 1. The van der Waals surface area contributed by atoms with Crippen LogP contribution >= 0.6 is 0 Å². The van der Waals surface area contributed by atoms with E-state index < -0.39 is 0 Å². The average molecular weight is 312 g/mol. The zero-order valence-electron chi connectivity index (χ0n) is 13.4. The smallest absolute Gasteiger partial charge is 0.220 e. The largest absolute Gasteiger partial charge is 0.373 e. The summed E-state index contributed by atoms with van der Waals surface area (Å²) >= 11 is 0. The third kappa shape index (κ3) is 4.45. The summed E-state index contributed by atoms with van der Waals surface area (Å²) in [5.74, 6) is 0.502. The van der Waals surface area contributed by atoms with Gasteiger partial charge in [0.15, 0.2) is 0 Å². The van der Waals surface area contributed by atoms with E-state index in [9.17, 15) is 4.79 Å². The first-order valence-electron chi connectivity index (χ1n) is 8.37. The van der Waals surface area contributed by atoms with Gasteiger partial charge in [-0.05, 0) is 30.5 Å². The number of benzene rings is 1. The number of nitrogens with zero attached hydrogens (tertiary/aromatic N) is 1. The van der Waals surface area contributed by atoms with Crippen molar-refractivity contribution in [3.8, 4) is 0 Å². The van der Waals surface area contributed by atoms with Gasteiger partial charge >= 0.3 is 0 Å². The number of aryl methyl sites for hydroxylation is 1. The Bertz CT molecular complexity index is 595. The summed E-state index contributed by atoms with van der Waals surface area (Å²) in [4.78, 5) is 12.0. The second-order valence-corrected chi connectivity index (χ2v) is 6.08. The van der Waals surface area contributed by atoms with Gasteiger partial charge in [0, 0.05) is 44.4 Å². The van der Waals surface area contributed by atoms with Crippen LogP contribution in [0.5, 0.6) is 0 Å². The Balaban J connectivity index is 1.41. The van der Waals surface area contributed by atoms with E-state index in [0.717, 1.165) is 26.0 Å². The van der Waals surface area contributed by atoms with Crippen molar-refractivity contribution < 1.29 is 9.53 Å². The molecular formula is C19H24N2O2. The number of rotatable bonds is 7. The minimum absolute atomic E-state index is 0.108. The lowest BCUT2D eigenvalue weighted by atomic mass is 9.95. The van der Waals surface area contributed by atoms with Gasteiger partial charge in [0.25, 0.3) is 0 Å². The molecule has 1 aliphatic rings. The van der Waals surface area contributed by atoms with E-state index in [1.807, 2.05) is 42.7 Å². The lowest BCUT2D eigenvalue weighted by Gasteiger charge is -2.19. The summed E-state index contributed by atoms with van der Waals surface area (Å²) in [6, 6.07) is 14.3. The highest BCUT2D eigenvalue weighted by molar-refractivity contribution is 5.75. The molecule has 1 aliphatic heterocycles. The van der Waals surface area contributed by atoms with Crippen molar-refractivity contribution in [2.45, 2.75) is 31.9 Å². The molecule has 0 saturated carbocycles. The molecule has 0 aliphatic carbocycles. The van der Waals surface area contributed by atoms with Crippen molar-refractivity contribution in [1.82, 2.24) is 9.88 Å². The molecule has 1 aromatic heterocycles. The third-order valence-electron chi connectivity index (χ3n) is 4.39. The Labute approximate surface area is 137 Å². The molecule has 2 heterocycles. The first-order valence-corrected chi connectivity index (χ1v) is 8.37. The molecule has 122 valence electrons. The highest BCUT2D eigenvalue weighted by Gasteiger charge is 2.29. The van der Waals surface area contributed by atoms with Crippen molar-refractivity contribution in [2.24, 2.45) is 5.92 Å². The molecule has 0 radical (unpaired) electrons. The number of carbonyl (C=O) groups excluding carboxylic acids is 1. The van der Waals surface area contributed by atoms with Gasteiger partial charge < -0.3 is 14.6 Å². The fourth-order valence-electron chi connectivity index (χ4n) is 3.13. The van der Waals surface area contributed by atoms with E-state index in [-0.39, 0.29) is 12.0 Å². The maximum absolute atomic E-state index is 12.0. The Hall–Kier alpha value is -2.07. The zero-order chi connectivity index (χ0) is 15.9. The number of amides is 1. The van der Waals surface area contributed by atoms with Crippen LogP contribution < -0.4 is 5.32 Å². The van der Waals surface area contributed by atoms with Gasteiger partial charge in [-0.2, -0.15) is 0 Å². The second-order valence-electron chi connectivity index (χ2n) is 6.08. The minimum atomic E-state index is 0.108. The van der Waals surface area contributed by atoms with Crippen LogP contribution in [0.25, 0.3) is 0 Å². The SMILES string of the molecule is O=C(CCCn1cccc1)NC[C@H]1CCO[C@@H]1c1ccccc1. The minimum Gasteiger partial charge on any atom is -0.373 e. The normalized spacial score (nSPS) is 20.5. The highest BCUT2D eigenvalue weighted by atomic mass is 16.5. The van der Waals surface area contributed by atoms with E-state index in [2.05, 4.69) is 22.0 Å². The first kappa shape index (κ1) is 15.8. The van der Waals surface area contributed by atoms with Crippen LogP contribution in [0.1, 0.15) is 30.9 Å². The topological polar surface area (TPSA) is 43.3 Å². The van der Waals surface area contributed by atoms with Crippen molar-refractivity contribution in [2.75, 3.05) is 13.2 Å². The van der Waals surface area contributed by atoms with Crippen LogP contribution in [0.15, 0.2) is 54.9 Å². The van der Waals surface area contributed by atoms with Crippen molar-refractivity contribution in [3.05, 3.63) is 60.4 Å². The van der Waals surface area contributed by atoms with Crippen LogP contribution in [0.4, 0.5) is 0 Å². The number of ether oxygens (including phenoxy) is 1. The molecule has 0 spiro atoms. The molecule has 1 saturated heterocycles. The molecule has 0 unspecified atom stereocenters. The Morgan fingerprint density at radius 1 is 1.17 bits per heavy atom. The molecule has 1 N–H and O–H groups in total. The zero-order valence-corrected chi connectivity index (χ0v) is 13.4. The number of nitrogens with one attached hydrogen (secondary N) is 1. The van der Waals surface area contributed by atoms with Crippen molar-refractivity contribution in [3.63, 3.8) is 0 Å². The molecule has 2 aromatic rings. The van der Waals surface area contributed by atoms with E-state index in [1.165, 1.54) is 5.56 Å². The molecule has 2 atom stereocenters. The lowest BCUT2D eigenvalue weighted by Crippen LogP contribution is -2.30. The summed E-state index contributed by atoms with van der Waals surface area (Å²) in [5.41, 5.74) is 1.21. The van der Waals surface area contributed by atoms with Crippen molar-refractivity contribution in [1.29, 1.82) is 0 Å². The molecule has 4 heteroatoms. The molecule has 23 heavy (non-hydrogen) atoms. The second kappa shape index (κ2) is 7.97. The Kier molecular flexibility index (Phi) is 5.48. The molecule has 1 amide bonds. The fourth-order valence-corrected chi connectivity index (χ4v) is 3.13. The highest BCUT2D eigenvalue weighted by Crippen LogP contribution is 2.33. The van der Waals surface area contributed by atoms with E-state index >= 15 is 0 Å². The molecule has 3 rings (SSSR count). The lowest BCUT2D eigenvalue weighted by molar-refractivity contribution is -0.121. The number of aromatic nitrogens is 1. The van der Waals surface area contributed by atoms with Crippen molar-refractivity contribution >= 4 is 5.91 Å². The van der Waals surface area contributed by atoms with E-state index in [4.69, 9.17) is 4.74 Å². The number of carbonyl (C=O) groups is 1. The van der Waals surface area contributed by atoms with Gasteiger partial charge in [-0.3, -0.25) is 4.79 Å². The molecule has 4 nitrogen and oxygen atoms in total. The monoisotopic (exact) mass is 312 g/mol. The predicted octanol–water partition coefficient (Wildman–Crippen LogP) is 3.16. The van der Waals surface area contributed by atoms with Crippen LogP contribution in [0, 0.1) is 5.92 Å². The van der Waals surface area contributed by atoms with Gasteiger partial charge in [-0.1, -0.05) is 30.3 Å². The van der Waals surface area contributed by atoms with Gasteiger partial charge in [-0.15, -0.1) is 0 Å². The van der Waals surface area contributed by atoms with Crippen LogP contribution in [0.3, 0.4) is 0 Å². The predicted molar refractivity (Wildman–Crippen MR) is 89.9 cm³/mol. The van der Waals surface area contributed by atoms with Gasteiger partial charge in [0.05, 0.1) is 6.10 Å². The summed E-state index contributed by atoms with van der Waals surface area (Å²) < 4.78 is 7.96. The summed E-state index contributed by atoms with van der Waals surface area (Å²) in [7, 11) is 0. The Morgan fingerprint density at radius 2 is 1.96 bits per heavy atom. The van der Waals surface area contributed by atoms with Crippen LogP contribution in [-0.2, 0) is 16.1 Å². The fraction of sp³-hybridized carbons (Fsp3) is 0.421. The number of hydrogen-bond acceptors (Lipinski definition) is 2.